The van der Waals surface area contributed by atoms with Crippen molar-refractivity contribution in [3.8, 4) is 0 Å². The molecule has 1 aliphatic heterocycles. The molecular formula is C9H20N2O3. The average Bonchev–Trinajstić information content (AvgIpc) is 2.21. The van der Waals surface area contributed by atoms with E-state index in [4.69, 9.17) is 9.84 Å². The number of hydrogen-bond acceptors (Lipinski definition) is 4. The summed E-state index contributed by atoms with van der Waals surface area (Å²) < 4.78 is 4.84. The van der Waals surface area contributed by atoms with Gasteiger partial charge in [0.05, 0.1) is 6.61 Å². The second-order valence-electron chi connectivity index (χ2n) is 2.75. The van der Waals surface area contributed by atoms with Gasteiger partial charge in [-0.3, -0.25) is 0 Å². The number of ether oxygens (including phenoxy) is 1. The number of nitrogens with zero attached hydrogens (tertiary/aromatic N) is 1. The summed E-state index contributed by atoms with van der Waals surface area (Å²) in [6, 6.07) is 0. The van der Waals surface area contributed by atoms with Gasteiger partial charge in [-0.05, 0) is 13.8 Å². The van der Waals surface area contributed by atoms with Gasteiger partial charge >= 0.3 is 6.09 Å². The summed E-state index contributed by atoms with van der Waals surface area (Å²) >= 11 is 0. The average molecular weight is 204 g/mol. The van der Waals surface area contributed by atoms with Crippen LogP contribution in [0.25, 0.3) is 0 Å². The molecule has 0 spiro atoms. The van der Waals surface area contributed by atoms with Crippen molar-refractivity contribution in [1.29, 1.82) is 0 Å². The Kier molecular flexibility index (Phi) is 8.27. The highest BCUT2D eigenvalue weighted by Crippen LogP contribution is 1.95. The topological polar surface area (TPSA) is 61.8 Å². The number of rotatable bonds is 1. The van der Waals surface area contributed by atoms with Crippen molar-refractivity contribution in [3.63, 3.8) is 0 Å². The first-order valence-electron chi connectivity index (χ1n) is 4.99. The Morgan fingerprint density at radius 3 is 2.36 bits per heavy atom. The molecule has 1 aliphatic rings. The SMILES string of the molecule is CCO.CCOC(=O)N1CCNCC1. The van der Waals surface area contributed by atoms with Crippen LogP contribution in [0.3, 0.4) is 0 Å². The molecule has 1 saturated heterocycles. The molecule has 1 heterocycles. The zero-order valence-electron chi connectivity index (χ0n) is 8.95. The van der Waals surface area contributed by atoms with Gasteiger partial charge in [0.1, 0.15) is 0 Å². The molecule has 0 unspecified atom stereocenters. The maximum Gasteiger partial charge on any atom is 0.409 e. The molecule has 0 bridgehead atoms. The van der Waals surface area contributed by atoms with Crippen molar-refractivity contribution in [1.82, 2.24) is 10.2 Å². The third-order valence-corrected chi connectivity index (χ3v) is 1.64. The van der Waals surface area contributed by atoms with Crippen molar-refractivity contribution in [2.45, 2.75) is 13.8 Å². The summed E-state index contributed by atoms with van der Waals surface area (Å²) in [6.45, 7) is 7.48. The molecule has 2 N–H and O–H groups in total. The molecule has 14 heavy (non-hydrogen) atoms. The molecule has 0 aromatic rings. The Labute approximate surface area is 85.0 Å². The smallest absolute Gasteiger partial charge is 0.409 e. The molecule has 0 aliphatic carbocycles. The second-order valence-corrected chi connectivity index (χ2v) is 2.75. The lowest BCUT2D eigenvalue weighted by molar-refractivity contribution is 0.102. The van der Waals surface area contributed by atoms with E-state index < -0.39 is 0 Å². The van der Waals surface area contributed by atoms with Gasteiger partial charge in [-0.1, -0.05) is 0 Å². The lowest BCUT2D eigenvalue weighted by Gasteiger charge is -2.26. The molecule has 5 heteroatoms. The zero-order valence-corrected chi connectivity index (χ0v) is 8.95. The maximum absolute atomic E-state index is 11.1. The first-order chi connectivity index (χ1) is 6.76. The zero-order chi connectivity index (χ0) is 10.8. The molecule has 1 fully saturated rings. The summed E-state index contributed by atoms with van der Waals surface area (Å²) in [6.07, 6.45) is -0.186. The van der Waals surface area contributed by atoms with E-state index in [-0.39, 0.29) is 12.7 Å². The predicted molar refractivity (Wildman–Crippen MR) is 54.2 cm³/mol. The summed E-state index contributed by atoms with van der Waals surface area (Å²) in [4.78, 5) is 12.8. The molecular weight excluding hydrogens is 184 g/mol. The normalized spacial score (nSPS) is 15.5. The van der Waals surface area contributed by atoms with E-state index in [1.54, 1.807) is 11.8 Å². The summed E-state index contributed by atoms with van der Waals surface area (Å²) in [7, 11) is 0. The van der Waals surface area contributed by atoms with E-state index in [1.165, 1.54) is 0 Å². The van der Waals surface area contributed by atoms with Crippen LogP contribution in [0.1, 0.15) is 13.8 Å². The number of amides is 1. The van der Waals surface area contributed by atoms with Crippen molar-refractivity contribution >= 4 is 6.09 Å². The second kappa shape index (κ2) is 8.77. The molecule has 1 rings (SSSR count). The van der Waals surface area contributed by atoms with Crippen molar-refractivity contribution in [2.24, 2.45) is 0 Å². The van der Waals surface area contributed by atoms with E-state index >= 15 is 0 Å². The largest absolute Gasteiger partial charge is 0.450 e. The van der Waals surface area contributed by atoms with Crippen LogP contribution in [0.5, 0.6) is 0 Å². The van der Waals surface area contributed by atoms with Crippen molar-refractivity contribution < 1.29 is 14.6 Å². The lowest BCUT2D eigenvalue weighted by Crippen LogP contribution is -2.46. The Morgan fingerprint density at radius 1 is 1.43 bits per heavy atom. The number of hydrogen-bond donors (Lipinski definition) is 2. The quantitative estimate of drug-likeness (QED) is 0.633. The minimum absolute atomic E-state index is 0.186. The van der Waals surface area contributed by atoms with Crippen LogP contribution in [0.2, 0.25) is 0 Å². The summed E-state index contributed by atoms with van der Waals surface area (Å²) in [5, 5.41) is 10.7. The van der Waals surface area contributed by atoms with Gasteiger partial charge in [0.2, 0.25) is 0 Å². The fourth-order valence-electron chi connectivity index (χ4n) is 1.06. The van der Waals surface area contributed by atoms with Crippen LogP contribution >= 0.6 is 0 Å². The van der Waals surface area contributed by atoms with Crippen LogP contribution < -0.4 is 5.32 Å². The minimum atomic E-state index is -0.186. The van der Waals surface area contributed by atoms with Gasteiger partial charge in [0, 0.05) is 32.8 Å². The van der Waals surface area contributed by atoms with Gasteiger partial charge in [0.15, 0.2) is 0 Å². The fraction of sp³-hybridized carbons (Fsp3) is 0.889. The van der Waals surface area contributed by atoms with Crippen LogP contribution in [0, 0.1) is 0 Å². The molecule has 0 aromatic carbocycles. The Balaban J connectivity index is 0.000000500. The van der Waals surface area contributed by atoms with Crippen LogP contribution in [0.15, 0.2) is 0 Å². The van der Waals surface area contributed by atoms with Gasteiger partial charge < -0.3 is 20.1 Å². The number of carbonyl (C=O) groups excluding carboxylic acids is 1. The molecule has 0 aromatic heterocycles. The third-order valence-electron chi connectivity index (χ3n) is 1.64. The molecule has 0 atom stereocenters. The highest BCUT2D eigenvalue weighted by Gasteiger charge is 2.15. The highest BCUT2D eigenvalue weighted by atomic mass is 16.6. The van der Waals surface area contributed by atoms with E-state index in [0.717, 1.165) is 26.2 Å². The van der Waals surface area contributed by atoms with Crippen LogP contribution in [-0.4, -0.2) is 55.5 Å². The molecule has 1 amide bonds. The summed E-state index contributed by atoms with van der Waals surface area (Å²) in [5.74, 6) is 0. The first-order valence-corrected chi connectivity index (χ1v) is 4.99. The first kappa shape index (κ1) is 13.2. The monoisotopic (exact) mass is 204 g/mol. The van der Waals surface area contributed by atoms with E-state index in [2.05, 4.69) is 5.32 Å². The number of carbonyl (C=O) groups is 1. The number of aliphatic hydroxyl groups excluding tert-OH is 1. The summed E-state index contributed by atoms with van der Waals surface area (Å²) in [5.41, 5.74) is 0. The van der Waals surface area contributed by atoms with Gasteiger partial charge in [-0.15, -0.1) is 0 Å². The van der Waals surface area contributed by atoms with Crippen LogP contribution in [0.4, 0.5) is 4.79 Å². The van der Waals surface area contributed by atoms with Gasteiger partial charge in [0.25, 0.3) is 0 Å². The third kappa shape index (κ3) is 5.77. The maximum atomic E-state index is 11.1. The Hall–Kier alpha value is -0.810. The van der Waals surface area contributed by atoms with Crippen LogP contribution in [-0.2, 0) is 4.74 Å². The standard InChI is InChI=1S/C7H14N2O2.C2H6O/c1-2-11-7(10)9-5-3-8-4-6-9;1-2-3/h8H,2-6H2,1H3;3H,2H2,1H3. The van der Waals surface area contributed by atoms with E-state index in [1.807, 2.05) is 6.92 Å². The van der Waals surface area contributed by atoms with Gasteiger partial charge in [-0.25, -0.2) is 4.79 Å². The Morgan fingerprint density at radius 2 is 1.93 bits per heavy atom. The number of aliphatic hydroxyl groups is 1. The van der Waals surface area contributed by atoms with E-state index in [9.17, 15) is 4.79 Å². The van der Waals surface area contributed by atoms with Gasteiger partial charge in [-0.2, -0.15) is 0 Å². The minimum Gasteiger partial charge on any atom is -0.450 e. The van der Waals surface area contributed by atoms with E-state index in [0.29, 0.717) is 6.61 Å². The molecule has 0 saturated carbocycles. The molecule has 84 valence electrons. The molecule has 0 radical (unpaired) electrons. The Bertz CT molecular complexity index is 147. The fourth-order valence-corrected chi connectivity index (χ4v) is 1.06. The van der Waals surface area contributed by atoms with Crippen molar-refractivity contribution in [3.05, 3.63) is 0 Å². The molecule has 5 nitrogen and oxygen atoms in total. The number of nitrogens with one attached hydrogen (secondary N) is 1. The number of piperazine rings is 1. The predicted octanol–water partition coefficient (Wildman–Crippen LogP) is 0.0467. The highest BCUT2D eigenvalue weighted by molar-refractivity contribution is 5.67. The lowest BCUT2D eigenvalue weighted by atomic mass is 10.4. The van der Waals surface area contributed by atoms with Crippen molar-refractivity contribution in [2.75, 3.05) is 39.4 Å².